The van der Waals surface area contributed by atoms with Crippen LogP contribution in [0.2, 0.25) is 0 Å². The van der Waals surface area contributed by atoms with Gasteiger partial charge < -0.3 is 10.3 Å². The maximum absolute atomic E-state index is 11.8. The molecule has 2 rings (SSSR count). The fraction of sp³-hybridized carbons (Fsp3) is 0.333. The van der Waals surface area contributed by atoms with Gasteiger partial charge in [0.1, 0.15) is 17.7 Å². The van der Waals surface area contributed by atoms with Gasteiger partial charge in [-0.25, -0.2) is 4.98 Å². The predicted octanol–water partition coefficient (Wildman–Crippen LogP) is 0.164. The minimum absolute atomic E-state index is 0.130. The second-order valence-electron chi connectivity index (χ2n) is 4.19. The van der Waals surface area contributed by atoms with Gasteiger partial charge in [-0.3, -0.25) is 14.7 Å². The molecule has 100 valence electrons. The third-order valence-electron chi connectivity index (χ3n) is 2.64. The third kappa shape index (κ3) is 3.51. The number of aromatic nitrogens is 4. The molecule has 0 unspecified atom stereocenters. The highest BCUT2D eigenvalue weighted by molar-refractivity contribution is 5.93. The molecule has 0 radical (unpaired) electrons. The van der Waals surface area contributed by atoms with Crippen LogP contribution >= 0.6 is 0 Å². The first-order chi connectivity index (χ1) is 9.16. The number of hydrogen-bond donors (Lipinski definition) is 3. The zero-order valence-electron chi connectivity index (χ0n) is 10.6. The van der Waals surface area contributed by atoms with E-state index in [9.17, 15) is 9.59 Å². The van der Waals surface area contributed by atoms with Crippen LogP contribution in [-0.2, 0) is 6.42 Å². The number of pyridine rings is 1. The number of H-pyrrole nitrogens is 2. The lowest BCUT2D eigenvalue weighted by atomic mass is 10.2. The molecule has 2 aromatic rings. The molecule has 7 heteroatoms. The van der Waals surface area contributed by atoms with Crippen LogP contribution in [0.15, 0.2) is 23.4 Å². The van der Waals surface area contributed by atoms with Crippen LogP contribution in [0.1, 0.15) is 28.3 Å². The van der Waals surface area contributed by atoms with Crippen molar-refractivity contribution in [3.05, 3.63) is 45.9 Å². The van der Waals surface area contributed by atoms with Gasteiger partial charge in [-0.15, -0.1) is 0 Å². The summed E-state index contributed by atoms with van der Waals surface area (Å²) < 4.78 is 0. The van der Waals surface area contributed by atoms with Crippen molar-refractivity contribution in [1.82, 2.24) is 25.5 Å². The Morgan fingerprint density at radius 2 is 2.32 bits per heavy atom. The Labute approximate surface area is 109 Å². The number of nitrogens with one attached hydrogen (secondary N) is 3. The van der Waals surface area contributed by atoms with E-state index >= 15 is 0 Å². The Balaban J connectivity index is 1.82. The van der Waals surface area contributed by atoms with Gasteiger partial charge in [0, 0.05) is 30.9 Å². The molecule has 2 aromatic heterocycles. The quantitative estimate of drug-likeness (QED) is 0.667. The average molecular weight is 261 g/mol. The lowest BCUT2D eigenvalue weighted by Gasteiger charge is -2.04. The van der Waals surface area contributed by atoms with E-state index in [2.05, 4.69) is 25.5 Å². The molecule has 0 saturated carbocycles. The second-order valence-corrected chi connectivity index (χ2v) is 4.19. The van der Waals surface area contributed by atoms with Crippen molar-refractivity contribution in [3.8, 4) is 0 Å². The Hall–Kier alpha value is -2.44. The van der Waals surface area contributed by atoms with Crippen molar-refractivity contribution in [2.24, 2.45) is 0 Å². The molecule has 0 aromatic carbocycles. The van der Waals surface area contributed by atoms with Crippen LogP contribution in [0, 0.1) is 6.92 Å². The largest absolute Gasteiger partial charge is 0.364 e. The molecule has 0 spiro atoms. The molecular weight excluding hydrogens is 246 g/mol. The number of carbonyl (C=O) groups is 1. The zero-order valence-corrected chi connectivity index (χ0v) is 10.6. The van der Waals surface area contributed by atoms with E-state index in [1.165, 1.54) is 18.6 Å². The first-order valence-corrected chi connectivity index (χ1v) is 5.98. The number of rotatable bonds is 5. The average Bonchev–Trinajstić information content (AvgIpc) is 2.87. The van der Waals surface area contributed by atoms with Gasteiger partial charge in [-0.1, -0.05) is 0 Å². The van der Waals surface area contributed by atoms with Crippen LogP contribution in [0.25, 0.3) is 0 Å². The van der Waals surface area contributed by atoms with Crippen LogP contribution < -0.4 is 10.7 Å². The number of amides is 1. The predicted molar refractivity (Wildman–Crippen MR) is 68.8 cm³/mol. The van der Waals surface area contributed by atoms with Gasteiger partial charge in [-0.05, 0) is 13.3 Å². The molecule has 0 aliphatic rings. The summed E-state index contributed by atoms with van der Waals surface area (Å²) in [5.41, 5.74) is 0.584. The minimum Gasteiger partial charge on any atom is -0.364 e. The van der Waals surface area contributed by atoms with Crippen molar-refractivity contribution in [3.63, 3.8) is 0 Å². The molecule has 3 N–H and O–H groups in total. The summed E-state index contributed by atoms with van der Waals surface area (Å²) in [5, 5.41) is 9.18. The molecule has 0 saturated heterocycles. The number of carbonyl (C=O) groups excluding carboxylic acids is 1. The minimum atomic E-state index is -0.362. The summed E-state index contributed by atoms with van der Waals surface area (Å²) in [6.07, 6.45) is 4.30. The number of nitrogens with zero attached hydrogens (tertiary/aromatic N) is 2. The van der Waals surface area contributed by atoms with E-state index in [0.717, 1.165) is 17.9 Å². The molecular formula is C12H15N5O2. The SMILES string of the molecule is Cc1cc(=O)c(C(=O)NCCCc2ncn[nH]2)c[nH]1. The second kappa shape index (κ2) is 5.94. The Bertz CT molecular complexity index is 603. The molecule has 0 bridgehead atoms. The molecule has 0 atom stereocenters. The number of aryl methyl sites for hydroxylation is 2. The zero-order chi connectivity index (χ0) is 13.7. The summed E-state index contributed by atoms with van der Waals surface area (Å²) in [6.45, 7) is 2.24. The van der Waals surface area contributed by atoms with Crippen LogP contribution in [-0.4, -0.2) is 32.6 Å². The van der Waals surface area contributed by atoms with Crippen LogP contribution in [0.3, 0.4) is 0 Å². The van der Waals surface area contributed by atoms with Crippen molar-refractivity contribution < 1.29 is 4.79 Å². The molecule has 0 aliphatic heterocycles. The Kier molecular flexibility index (Phi) is 4.07. The van der Waals surface area contributed by atoms with Crippen molar-refractivity contribution in [2.75, 3.05) is 6.54 Å². The van der Waals surface area contributed by atoms with Gasteiger partial charge in [-0.2, -0.15) is 5.10 Å². The van der Waals surface area contributed by atoms with Crippen LogP contribution in [0.5, 0.6) is 0 Å². The molecule has 7 nitrogen and oxygen atoms in total. The van der Waals surface area contributed by atoms with Gasteiger partial charge in [0.2, 0.25) is 0 Å². The lowest BCUT2D eigenvalue weighted by Crippen LogP contribution is -2.29. The monoisotopic (exact) mass is 261 g/mol. The summed E-state index contributed by atoms with van der Waals surface area (Å²) in [6, 6.07) is 1.41. The molecule has 2 heterocycles. The topological polar surface area (TPSA) is 104 Å². The summed E-state index contributed by atoms with van der Waals surface area (Å²) >= 11 is 0. The van der Waals surface area contributed by atoms with Crippen molar-refractivity contribution >= 4 is 5.91 Å². The van der Waals surface area contributed by atoms with Crippen molar-refractivity contribution in [1.29, 1.82) is 0 Å². The fourth-order valence-electron chi connectivity index (χ4n) is 1.65. The van der Waals surface area contributed by atoms with E-state index in [-0.39, 0.29) is 16.9 Å². The molecule has 0 aliphatic carbocycles. The normalized spacial score (nSPS) is 10.4. The van der Waals surface area contributed by atoms with E-state index in [1.54, 1.807) is 6.92 Å². The molecule has 1 amide bonds. The standard InChI is InChI=1S/C12H15N5O2/c1-8-5-10(18)9(6-14-8)12(19)13-4-2-3-11-15-7-16-17-11/h5-7H,2-4H2,1H3,(H,13,19)(H,14,18)(H,15,16,17). The number of aromatic amines is 2. The van der Waals surface area contributed by atoms with E-state index in [4.69, 9.17) is 0 Å². The van der Waals surface area contributed by atoms with E-state index < -0.39 is 0 Å². The maximum atomic E-state index is 11.8. The highest BCUT2D eigenvalue weighted by Gasteiger charge is 2.09. The fourth-order valence-corrected chi connectivity index (χ4v) is 1.65. The van der Waals surface area contributed by atoms with Gasteiger partial charge in [0.05, 0.1) is 0 Å². The molecule has 0 fully saturated rings. The highest BCUT2D eigenvalue weighted by atomic mass is 16.2. The highest BCUT2D eigenvalue weighted by Crippen LogP contribution is 1.94. The van der Waals surface area contributed by atoms with Gasteiger partial charge in [0.15, 0.2) is 5.43 Å². The van der Waals surface area contributed by atoms with E-state index in [0.29, 0.717) is 13.0 Å². The summed E-state index contributed by atoms with van der Waals surface area (Å²) in [5.74, 6) is 0.418. The smallest absolute Gasteiger partial charge is 0.256 e. The van der Waals surface area contributed by atoms with Gasteiger partial charge in [0.25, 0.3) is 5.91 Å². The Morgan fingerprint density at radius 3 is 3.00 bits per heavy atom. The first kappa shape index (κ1) is 13.0. The lowest BCUT2D eigenvalue weighted by molar-refractivity contribution is 0.0951. The maximum Gasteiger partial charge on any atom is 0.256 e. The third-order valence-corrected chi connectivity index (χ3v) is 2.64. The number of hydrogen-bond acceptors (Lipinski definition) is 4. The summed E-state index contributed by atoms with van der Waals surface area (Å²) in [7, 11) is 0. The Morgan fingerprint density at radius 1 is 1.47 bits per heavy atom. The van der Waals surface area contributed by atoms with E-state index in [1.807, 2.05) is 0 Å². The van der Waals surface area contributed by atoms with Gasteiger partial charge >= 0.3 is 0 Å². The van der Waals surface area contributed by atoms with Crippen LogP contribution in [0.4, 0.5) is 0 Å². The first-order valence-electron chi connectivity index (χ1n) is 5.98. The summed E-state index contributed by atoms with van der Waals surface area (Å²) in [4.78, 5) is 30.2. The van der Waals surface area contributed by atoms with Crippen molar-refractivity contribution in [2.45, 2.75) is 19.8 Å². The molecule has 19 heavy (non-hydrogen) atoms.